The number of ether oxygens (including phenoxy) is 1. The molecule has 0 aliphatic rings. The normalized spacial score (nSPS) is 10.6. The molecular weight excluding hydrogens is 350 g/mol. The fourth-order valence-electron chi connectivity index (χ4n) is 1.48. The van der Waals surface area contributed by atoms with Crippen LogP contribution in [0.25, 0.3) is 11.4 Å². The highest BCUT2D eigenvalue weighted by atomic mass is 127. The van der Waals surface area contributed by atoms with Crippen LogP contribution in [0.2, 0.25) is 0 Å². The van der Waals surface area contributed by atoms with E-state index in [1.54, 1.807) is 12.1 Å². The maximum atomic E-state index is 12.8. The fraction of sp³-hybridized carbons (Fsp3) is 0.167. The number of hydrogen-bond acceptors (Lipinski definition) is 3. The highest BCUT2D eigenvalue weighted by molar-refractivity contribution is 14.1. The van der Waals surface area contributed by atoms with E-state index in [1.165, 1.54) is 19.2 Å². The van der Waals surface area contributed by atoms with Gasteiger partial charge in [0.1, 0.15) is 15.2 Å². The minimum absolute atomic E-state index is 0.225. The molecule has 0 aliphatic heterocycles. The van der Waals surface area contributed by atoms with Gasteiger partial charge in [0, 0.05) is 12.7 Å². The van der Waals surface area contributed by atoms with Crippen LogP contribution < -0.4 is 5.56 Å². The van der Waals surface area contributed by atoms with E-state index in [2.05, 4.69) is 9.97 Å². The van der Waals surface area contributed by atoms with Gasteiger partial charge >= 0.3 is 0 Å². The summed E-state index contributed by atoms with van der Waals surface area (Å²) in [5, 5.41) is 0. The lowest BCUT2D eigenvalue weighted by atomic mass is 10.2. The van der Waals surface area contributed by atoms with Crippen LogP contribution in [0, 0.1) is 9.39 Å². The van der Waals surface area contributed by atoms with Crippen LogP contribution in [0.5, 0.6) is 0 Å². The Balaban J connectivity index is 2.51. The summed E-state index contributed by atoms with van der Waals surface area (Å²) < 4.78 is 18.3. The second kappa shape index (κ2) is 5.57. The topological polar surface area (TPSA) is 55.0 Å². The average molecular weight is 360 g/mol. The van der Waals surface area contributed by atoms with Gasteiger partial charge in [0.2, 0.25) is 0 Å². The summed E-state index contributed by atoms with van der Waals surface area (Å²) in [6.45, 7) is 0.260. The molecule has 2 rings (SSSR count). The Hall–Kier alpha value is -1.28. The Morgan fingerprint density at radius 3 is 2.67 bits per heavy atom. The molecular formula is C12H10FIN2O2. The highest BCUT2D eigenvalue weighted by Gasteiger charge is 2.10. The molecule has 18 heavy (non-hydrogen) atoms. The quantitative estimate of drug-likeness (QED) is 0.855. The smallest absolute Gasteiger partial charge is 0.264 e. The molecule has 0 fully saturated rings. The SMILES string of the molecule is COCc1nc(-c2ccc(F)cc2)[nH]c(=O)c1I. The van der Waals surface area contributed by atoms with Gasteiger partial charge in [-0.25, -0.2) is 9.37 Å². The lowest BCUT2D eigenvalue weighted by Gasteiger charge is -2.06. The number of methoxy groups -OCH3 is 1. The molecule has 1 aromatic carbocycles. The first kappa shape index (κ1) is 13.2. The van der Waals surface area contributed by atoms with Crippen LogP contribution >= 0.6 is 22.6 Å². The van der Waals surface area contributed by atoms with Crippen LogP contribution in [0.4, 0.5) is 4.39 Å². The van der Waals surface area contributed by atoms with Gasteiger partial charge in [-0.2, -0.15) is 0 Å². The molecule has 6 heteroatoms. The summed E-state index contributed by atoms with van der Waals surface area (Å²) >= 11 is 1.92. The van der Waals surface area contributed by atoms with Crippen molar-refractivity contribution in [3.8, 4) is 11.4 Å². The van der Waals surface area contributed by atoms with Crippen molar-refractivity contribution in [1.29, 1.82) is 0 Å². The number of hydrogen-bond donors (Lipinski definition) is 1. The Bertz CT molecular complexity index is 610. The van der Waals surface area contributed by atoms with Gasteiger partial charge in [0.15, 0.2) is 0 Å². The predicted molar refractivity (Wildman–Crippen MR) is 73.7 cm³/mol. The number of halogens is 2. The molecule has 0 spiro atoms. The van der Waals surface area contributed by atoms with Crippen molar-refractivity contribution in [2.45, 2.75) is 6.61 Å². The lowest BCUT2D eigenvalue weighted by Crippen LogP contribution is -2.16. The van der Waals surface area contributed by atoms with E-state index in [-0.39, 0.29) is 18.0 Å². The zero-order valence-corrected chi connectivity index (χ0v) is 11.7. The molecule has 0 saturated carbocycles. The first-order valence-electron chi connectivity index (χ1n) is 5.15. The molecule has 1 N–H and O–H groups in total. The third-order valence-electron chi connectivity index (χ3n) is 2.33. The van der Waals surface area contributed by atoms with Gasteiger partial charge in [-0.1, -0.05) is 0 Å². The van der Waals surface area contributed by atoms with Crippen molar-refractivity contribution in [1.82, 2.24) is 9.97 Å². The van der Waals surface area contributed by atoms with E-state index in [9.17, 15) is 9.18 Å². The number of aromatic amines is 1. The van der Waals surface area contributed by atoms with E-state index < -0.39 is 0 Å². The molecule has 0 saturated heterocycles. The van der Waals surface area contributed by atoms with Crippen LogP contribution in [0.15, 0.2) is 29.1 Å². The van der Waals surface area contributed by atoms with Crippen molar-refractivity contribution in [2.75, 3.05) is 7.11 Å². The van der Waals surface area contributed by atoms with Gasteiger partial charge in [-0.15, -0.1) is 0 Å². The molecule has 0 bridgehead atoms. The van der Waals surface area contributed by atoms with Crippen molar-refractivity contribution in [3.63, 3.8) is 0 Å². The largest absolute Gasteiger partial charge is 0.378 e. The summed E-state index contributed by atoms with van der Waals surface area (Å²) in [6, 6.07) is 5.78. The number of rotatable bonds is 3. The highest BCUT2D eigenvalue weighted by Crippen LogP contribution is 2.16. The van der Waals surface area contributed by atoms with E-state index >= 15 is 0 Å². The first-order valence-corrected chi connectivity index (χ1v) is 6.23. The number of aromatic nitrogens is 2. The summed E-state index contributed by atoms with van der Waals surface area (Å²) in [7, 11) is 1.54. The van der Waals surface area contributed by atoms with Gasteiger partial charge in [-0.05, 0) is 46.9 Å². The molecule has 1 heterocycles. The zero-order valence-electron chi connectivity index (χ0n) is 9.54. The third kappa shape index (κ3) is 2.75. The lowest BCUT2D eigenvalue weighted by molar-refractivity contribution is 0.180. The Morgan fingerprint density at radius 2 is 2.06 bits per heavy atom. The zero-order chi connectivity index (χ0) is 13.1. The first-order chi connectivity index (χ1) is 8.61. The van der Waals surface area contributed by atoms with Crippen molar-refractivity contribution < 1.29 is 9.13 Å². The molecule has 0 radical (unpaired) electrons. The molecule has 0 amide bonds. The summed E-state index contributed by atoms with van der Waals surface area (Å²) in [4.78, 5) is 18.7. The van der Waals surface area contributed by atoms with Gasteiger partial charge in [0.05, 0.1) is 12.3 Å². The van der Waals surface area contributed by atoms with E-state index in [0.717, 1.165) is 0 Å². The standard InChI is InChI=1S/C12H10FIN2O2/c1-18-6-9-10(14)12(17)16-11(15-9)7-2-4-8(13)5-3-7/h2-5H,6H2,1H3,(H,15,16,17). The van der Waals surface area contributed by atoms with Gasteiger partial charge in [-0.3, -0.25) is 4.79 Å². The Labute approximate surface area is 116 Å². The van der Waals surface area contributed by atoms with Crippen molar-refractivity contribution in [2.24, 2.45) is 0 Å². The summed E-state index contributed by atoms with van der Waals surface area (Å²) in [6.07, 6.45) is 0. The molecule has 4 nitrogen and oxygen atoms in total. The third-order valence-corrected chi connectivity index (χ3v) is 3.44. The second-order valence-electron chi connectivity index (χ2n) is 3.62. The average Bonchev–Trinajstić information content (AvgIpc) is 2.36. The summed E-state index contributed by atoms with van der Waals surface area (Å²) in [5.74, 6) is 0.0798. The van der Waals surface area contributed by atoms with Crippen molar-refractivity contribution >= 4 is 22.6 Å². The van der Waals surface area contributed by atoms with Crippen LogP contribution in [-0.2, 0) is 11.3 Å². The van der Waals surface area contributed by atoms with Gasteiger partial charge in [0.25, 0.3) is 5.56 Å². The molecule has 94 valence electrons. The molecule has 1 aromatic heterocycles. The number of nitrogens with zero attached hydrogens (tertiary/aromatic N) is 1. The van der Waals surface area contributed by atoms with E-state index in [1.807, 2.05) is 22.6 Å². The number of nitrogens with one attached hydrogen (secondary N) is 1. The molecule has 0 unspecified atom stereocenters. The Kier molecular flexibility index (Phi) is 4.07. The minimum Gasteiger partial charge on any atom is -0.378 e. The van der Waals surface area contributed by atoms with Gasteiger partial charge < -0.3 is 9.72 Å². The summed E-state index contributed by atoms with van der Waals surface area (Å²) in [5.41, 5.74) is 1.00. The molecule has 0 atom stereocenters. The monoisotopic (exact) mass is 360 g/mol. The van der Waals surface area contributed by atoms with Crippen molar-refractivity contribution in [3.05, 3.63) is 49.7 Å². The number of H-pyrrole nitrogens is 1. The predicted octanol–water partition coefficient (Wildman–Crippen LogP) is 2.33. The van der Waals surface area contributed by atoms with Crippen LogP contribution in [0.3, 0.4) is 0 Å². The fourth-order valence-corrected chi connectivity index (χ4v) is 1.89. The Morgan fingerprint density at radius 1 is 1.39 bits per heavy atom. The molecule has 2 aromatic rings. The minimum atomic E-state index is -0.330. The molecule has 0 aliphatic carbocycles. The van der Waals surface area contributed by atoms with E-state index in [0.29, 0.717) is 20.7 Å². The maximum Gasteiger partial charge on any atom is 0.264 e. The van der Waals surface area contributed by atoms with Crippen LogP contribution in [-0.4, -0.2) is 17.1 Å². The van der Waals surface area contributed by atoms with Crippen LogP contribution in [0.1, 0.15) is 5.69 Å². The number of benzene rings is 1. The maximum absolute atomic E-state index is 12.8. The van der Waals surface area contributed by atoms with E-state index in [4.69, 9.17) is 4.74 Å². The second-order valence-corrected chi connectivity index (χ2v) is 4.69.